The number of fused-ring (bicyclic) bond motifs is 1. The highest BCUT2D eigenvalue weighted by Gasteiger charge is 2.07. The van der Waals surface area contributed by atoms with Gasteiger partial charge in [0, 0.05) is 23.2 Å². The van der Waals surface area contributed by atoms with E-state index in [9.17, 15) is 0 Å². The van der Waals surface area contributed by atoms with Gasteiger partial charge in [0.1, 0.15) is 11.4 Å². The van der Waals surface area contributed by atoms with Crippen molar-refractivity contribution >= 4 is 27.6 Å². The lowest BCUT2D eigenvalue weighted by atomic mass is 10.4. The van der Waals surface area contributed by atoms with E-state index >= 15 is 0 Å². The summed E-state index contributed by atoms with van der Waals surface area (Å²) in [5.41, 5.74) is 1.93. The lowest BCUT2D eigenvalue weighted by molar-refractivity contribution is 1.23. The molecule has 0 N–H and O–H groups in total. The van der Waals surface area contributed by atoms with Gasteiger partial charge in [0.25, 0.3) is 0 Å². The number of aryl methyl sites for hydroxylation is 1. The van der Waals surface area contributed by atoms with Gasteiger partial charge in [0.15, 0.2) is 4.96 Å². The van der Waals surface area contributed by atoms with Crippen LogP contribution in [0.1, 0.15) is 5.01 Å². The van der Waals surface area contributed by atoms with Crippen molar-refractivity contribution in [3.63, 3.8) is 0 Å². The summed E-state index contributed by atoms with van der Waals surface area (Å²) in [5.74, 6) is 0. The molecule has 0 unspecified atom stereocenters. The summed E-state index contributed by atoms with van der Waals surface area (Å²) in [6.45, 7) is 2.01. The van der Waals surface area contributed by atoms with Crippen molar-refractivity contribution in [2.24, 2.45) is 0 Å². The summed E-state index contributed by atoms with van der Waals surface area (Å²) < 4.78 is 2.02. The van der Waals surface area contributed by atoms with Crippen LogP contribution in [0.2, 0.25) is 0 Å². The van der Waals surface area contributed by atoms with Gasteiger partial charge in [-0.15, -0.1) is 22.7 Å². The number of imidazole rings is 1. The van der Waals surface area contributed by atoms with E-state index in [1.54, 1.807) is 22.7 Å². The standard InChI is InChI=1S/C9H7N3S2/c1-6-10-8(5-14-6)7-4-12-2-3-13-9(12)11-7/h2-5H,1H3. The Morgan fingerprint density at radius 3 is 2.86 bits per heavy atom. The lowest BCUT2D eigenvalue weighted by Gasteiger charge is -1.84. The quantitative estimate of drug-likeness (QED) is 0.632. The minimum Gasteiger partial charge on any atom is -0.297 e. The second-order valence-electron chi connectivity index (χ2n) is 2.97. The van der Waals surface area contributed by atoms with E-state index in [0.29, 0.717) is 0 Å². The molecule has 3 aromatic heterocycles. The molecule has 0 bridgehead atoms. The van der Waals surface area contributed by atoms with Crippen molar-refractivity contribution in [2.45, 2.75) is 6.92 Å². The Morgan fingerprint density at radius 2 is 2.14 bits per heavy atom. The average molecular weight is 221 g/mol. The topological polar surface area (TPSA) is 30.2 Å². The Bertz CT molecular complexity index is 547. The Balaban J connectivity index is 2.18. The van der Waals surface area contributed by atoms with Gasteiger partial charge in [-0.1, -0.05) is 0 Å². The highest BCUT2D eigenvalue weighted by Crippen LogP contribution is 2.22. The predicted octanol–water partition coefficient (Wildman–Crippen LogP) is 2.83. The third-order valence-electron chi connectivity index (χ3n) is 1.97. The third kappa shape index (κ3) is 1.17. The van der Waals surface area contributed by atoms with Gasteiger partial charge < -0.3 is 0 Å². The van der Waals surface area contributed by atoms with Crippen molar-refractivity contribution in [1.29, 1.82) is 0 Å². The molecule has 0 aliphatic heterocycles. The molecule has 3 aromatic rings. The largest absolute Gasteiger partial charge is 0.297 e. The maximum Gasteiger partial charge on any atom is 0.194 e. The monoisotopic (exact) mass is 221 g/mol. The first-order valence-corrected chi connectivity index (χ1v) is 5.93. The van der Waals surface area contributed by atoms with Gasteiger partial charge in [-0.25, -0.2) is 9.97 Å². The van der Waals surface area contributed by atoms with Gasteiger partial charge in [-0.2, -0.15) is 0 Å². The SMILES string of the molecule is Cc1nc(-c2cn3ccsc3n2)cs1. The maximum absolute atomic E-state index is 4.48. The van der Waals surface area contributed by atoms with Crippen LogP contribution < -0.4 is 0 Å². The summed E-state index contributed by atoms with van der Waals surface area (Å²) in [6, 6.07) is 0. The minimum atomic E-state index is 0.959. The molecule has 0 atom stereocenters. The fraction of sp³-hybridized carbons (Fsp3) is 0.111. The lowest BCUT2D eigenvalue weighted by Crippen LogP contribution is -1.76. The minimum absolute atomic E-state index is 0.959. The van der Waals surface area contributed by atoms with E-state index in [0.717, 1.165) is 21.4 Å². The molecule has 0 radical (unpaired) electrons. The van der Waals surface area contributed by atoms with Crippen LogP contribution in [-0.4, -0.2) is 14.4 Å². The van der Waals surface area contributed by atoms with Crippen LogP contribution in [-0.2, 0) is 0 Å². The van der Waals surface area contributed by atoms with E-state index in [4.69, 9.17) is 0 Å². The van der Waals surface area contributed by atoms with E-state index in [1.165, 1.54) is 0 Å². The van der Waals surface area contributed by atoms with Crippen molar-refractivity contribution < 1.29 is 0 Å². The number of hydrogen-bond acceptors (Lipinski definition) is 4. The zero-order valence-electron chi connectivity index (χ0n) is 7.47. The molecule has 0 aliphatic carbocycles. The van der Waals surface area contributed by atoms with Crippen LogP contribution in [0.5, 0.6) is 0 Å². The Labute approximate surface area is 88.7 Å². The molecule has 0 saturated carbocycles. The first kappa shape index (κ1) is 8.14. The molecule has 0 spiro atoms. The Morgan fingerprint density at radius 1 is 1.21 bits per heavy atom. The van der Waals surface area contributed by atoms with E-state index in [2.05, 4.69) is 9.97 Å². The maximum atomic E-state index is 4.48. The highest BCUT2D eigenvalue weighted by molar-refractivity contribution is 7.15. The van der Waals surface area contributed by atoms with E-state index in [-0.39, 0.29) is 0 Å². The second kappa shape index (κ2) is 2.90. The molecule has 70 valence electrons. The molecule has 0 aliphatic rings. The van der Waals surface area contributed by atoms with Crippen LogP contribution in [0, 0.1) is 6.92 Å². The van der Waals surface area contributed by atoms with E-state index in [1.807, 2.05) is 34.5 Å². The number of hydrogen-bond donors (Lipinski definition) is 0. The van der Waals surface area contributed by atoms with Gasteiger partial charge >= 0.3 is 0 Å². The Hall–Kier alpha value is -1.20. The molecule has 3 heterocycles. The third-order valence-corrected chi connectivity index (χ3v) is 3.52. The van der Waals surface area contributed by atoms with Crippen molar-refractivity contribution in [1.82, 2.24) is 14.4 Å². The second-order valence-corrected chi connectivity index (χ2v) is 4.91. The molecule has 14 heavy (non-hydrogen) atoms. The van der Waals surface area contributed by atoms with Crippen LogP contribution in [0.3, 0.4) is 0 Å². The van der Waals surface area contributed by atoms with Crippen LogP contribution >= 0.6 is 22.7 Å². The van der Waals surface area contributed by atoms with Crippen LogP contribution in [0.4, 0.5) is 0 Å². The van der Waals surface area contributed by atoms with Gasteiger partial charge in [0.05, 0.1) is 5.01 Å². The summed E-state index contributed by atoms with van der Waals surface area (Å²) in [7, 11) is 0. The summed E-state index contributed by atoms with van der Waals surface area (Å²) >= 11 is 3.29. The zero-order valence-corrected chi connectivity index (χ0v) is 9.10. The van der Waals surface area contributed by atoms with Gasteiger partial charge in [-0.05, 0) is 6.92 Å². The number of nitrogens with zero attached hydrogens (tertiary/aromatic N) is 3. The zero-order chi connectivity index (χ0) is 9.54. The number of rotatable bonds is 1. The average Bonchev–Trinajstić information content (AvgIpc) is 2.75. The molecule has 0 saturated heterocycles. The molecular formula is C9H7N3S2. The first-order chi connectivity index (χ1) is 6.83. The molecule has 3 nitrogen and oxygen atoms in total. The fourth-order valence-corrected chi connectivity index (χ4v) is 2.64. The molecule has 0 aromatic carbocycles. The Kier molecular flexibility index (Phi) is 1.68. The molecule has 3 rings (SSSR count). The van der Waals surface area contributed by atoms with Crippen molar-refractivity contribution in [3.8, 4) is 11.4 Å². The van der Waals surface area contributed by atoms with Crippen molar-refractivity contribution in [3.05, 3.63) is 28.2 Å². The normalized spacial score (nSPS) is 11.2. The summed E-state index contributed by atoms with van der Waals surface area (Å²) in [5, 5.41) is 5.15. The van der Waals surface area contributed by atoms with Gasteiger partial charge in [-0.3, -0.25) is 4.40 Å². The number of aromatic nitrogens is 3. The molecular weight excluding hydrogens is 214 g/mol. The van der Waals surface area contributed by atoms with Crippen molar-refractivity contribution in [2.75, 3.05) is 0 Å². The molecule has 0 fully saturated rings. The van der Waals surface area contributed by atoms with Crippen LogP contribution in [0.15, 0.2) is 23.2 Å². The predicted molar refractivity (Wildman–Crippen MR) is 58.9 cm³/mol. The molecule has 0 amide bonds. The molecule has 5 heteroatoms. The summed E-state index contributed by atoms with van der Waals surface area (Å²) in [6.07, 6.45) is 4.02. The first-order valence-electron chi connectivity index (χ1n) is 4.17. The van der Waals surface area contributed by atoms with E-state index < -0.39 is 0 Å². The number of thiazole rings is 2. The van der Waals surface area contributed by atoms with Crippen LogP contribution in [0.25, 0.3) is 16.3 Å². The fourth-order valence-electron chi connectivity index (χ4n) is 1.33. The van der Waals surface area contributed by atoms with Gasteiger partial charge in [0.2, 0.25) is 0 Å². The summed E-state index contributed by atoms with van der Waals surface area (Å²) in [4.78, 5) is 9.90. The smallest absolute Gasteiger partial charge is 0.194 e. The highest BCUT2D eigenvalue weighted by atomic mass is 32.1.